The second-order valence-electron chi connectivity index (χ2n) is 12.0. The number of thiazole rings is 1. The van der Waals surface area contributed by atoms with Crippen LogP contribution in [0.4, 0.5) is 10.8 Å². The van der Waals surface area contributed by atoms with E-state index in [0.29, 0.717) is 55.5 Å². The number of hydrogen-bond acceptors (Lipinski definition) is 10. The van der Waals surface area contributed by atoms with Crippen molar-refractivity contribution in [1.82, 2.24) is 10.3 Å². The van der Waals surface area contributed by atoms with Crippen LogP contribution in [0.5, 0.6) is 23.0 Å². The van der Waals surface area contributed by atoms with E-state index in [2.05, 4.69) is 20.9 Å². The van der Waals surface area contributed by atoms with Crippen LogP contribution in [-0.4, -0.2) is 51.1 Å². The first kappa shape index (κ1) is 39.1. The number of nitrogens with one attached hydrogen (secondary N) is 3. The molecule has 0 aliphatic heterocycles. The lowest BCUT2D eigenvalue weighted by Gasteiger charge is -2.17. The van der Waals surface area contributed by atoms with E-state index in [1.54, 1.807) is 87.0 Å². The summed E-state index contributed by atoms with van der Waals surface area (Å²) in [5.41, 5.74) is 3.58. The molecule has 0 radical (unpaired) electrons. The van der Waals surface area contributed by atoms with E-state index in [0.717, 1.165) is 11.1 Å². The molecule has 1 atom stereocenters. The minimum atomic E-state index is -0.670. The third kappa shape index (κ3) is 9.75. The molecule has 0 saturated heterocycles. The predicted molar refractivity (Wildman–Crippen MR) is 221 cm³/mol. The number of ether oxygens (including phenoxy) is 4. The highest BCUT2D eigenvalue weighted by molar-refractivity contribution is 8.00. The van der Waals surface area contributed by atoms with Crippen LogP contribution < -0.4 is 34.9 Å². The molecule has 13 heteroatoms. The highest BCUT2D eigenvalue weighted by atomic mass is 32.2. The first-order chi connectivity index (χ1) is 27.3. The molecule has 0 aliphatic carbocycles. The zero-order chi connectivity index (χ0) is 39.4. The second kappa shape index (κ2) is 18.7. The first-order valence-corrected chi connectivity index (χ1v) is 19.0. The molecule has 5 aromatic carbocycles. The van der Waals surface area contributed by atoms with E-state index in [1.807, 2.05) is 53.9 Å². The van der Waals surface area contributed by atoms with Crippen LogP contribution >= 0.6 is 23.1 Å². The Labute approximate surface area is 332 Å². The highest BCUT2D eigenvalue weighted by Gasteiger charge is 2.24. The topological polar surface area (TPSA) is 137 Å². The van der Waals surface area contributed by atoms with Crippen LogP contribution in [0.15, 0.2) is 137 Å². The third-order valence-corrected chi connectivity index (χ3v) is 10.4. The summed E-state index contributed by atoms with van der Waals surface area (Å²) in [7, 11) is 6.20. The van der Waals surface area contributed by atoms with Crippen molar-refractivity contribution in [3.63, 3.8) is 0 Å². The molecule has 0 fully saturated rings. The Morgan fingerprint density at radius 3 is 2.14 bits per heavy atom. The molecule has 11 nitrogen and oxygen atoms in total. The van der Waals surface area contributed by atoms with Crippen molar-refractivity contribution < 1.29 is 33.3 Å². The van der Waals surface area contributed by atoms with Crippen molar-refractivity contribution in [3.8, 4) is 34.3 Å². The fourth-order valence-corrected chi connectivity index (χ4v) is 7.37. The number of anilines is 2. The van der Waals surface area contributed by atoms with Gasteiger partial charge in [0.25, 0.3) is 11.8 Å². The predicted octanol–water partition coefficient (Wildman–Crippen LogP) is 8.73. The number of thioether (sulfide) groups is 1. The van der Waals surface area contributed by atoms with Crippen LogP contribution in [0.2, 0.25) is 0 Å². The smallest absolute Gasteiger partial charge is 0.272 e. The van der Waals surface area contributed by atoms with Gasteiger partial charge in [0.15, 0.2) is 16.6 Å². The molecule has 0 aliphatic rings. The van der Waals surface area contributed by atoms with Crippen LogP contribution in [0.25, 0.3) is 17.3 Å². The molecular formula is C43H38N4O7S2. The van der Waals surface area contributed by atoms with Gasteiger partial charge in [-0.1, -0.05) is 54.6 Å². The molecule has 56 heavy (non-hydrogen) atoms. The minimum Gasteiger partial charge on any atom is -0.497 e. The minimum absolute atomic E-state index is 0.0269. The van der Waals surface area contributed by atoms with Gasteiger partial charge in [-0.25, -0.2) is 4.98 Å². The Balaban J connectivity index is 1.23. The van der Waals surface area contributed by atoms with Gasteiger partial charge in [-0.2, -0.15) is 0 Å². The summed E-state index contributed by atoms with van der Waals surface area (Å²) in [6, 6.07) is 35.8. The molecule has 3 amide bonds. The van der Waals surface area contributed by atoms with Crippen LogP contribution in [0.3, 0.4) is 0 Å². The number of amides is 3. The number of hydrogen-bond donors (Lipinski definition) is 3. The van der Waals surface area contributed by atoms with E-state index in [1.165, 1.54) is 43.4 Å². The van der Waals surface area contributed by atoms with E-state index < -0.39 is 17.1 Å². The Hall–Kier alpha value is -6.57. The summed E-state index contributed by atoms with van der Waals surface area (Å²) in [5, 5.41) is 10.3. The summed E-state index contributed by atoms with van der Waals surface area (Å²) in [4.78, 5) is 46.5. The van der Waals surface area contributed by atoms with Crippen molar-refractivity contribution in [2.75, 3.05) is 39.1 Å². The van der Waals surface area contributed by atoms with Gasteiger partial charge in [0.2, 0.25) is 5.91 Å². The van der Waals surface area contributed by atoms with Crippen molar-refractivity contribution in [2.24, 2.45) is 0 Å². The maximum Gasteiger partial charge on any atom is 0.272 e. The third-order valence-electron chi connectivity index (χ3n) is 8.37. The fraction of sp³-hybridized carbons (Fsp3) is 0.116. The number of rotatable bonds is 15. The molecule has 1 unspecified atom stereocenters. The number of carbonyl (C=O) groups excluding carboxylic acids is 3. The summed E-state index contributed by atoms with van der Waals surface area (Å²) < 4.78 is 21.7. The molecule has 0 spiro atoms. The largest absolute Gasteiger partial charge is 0.497 e. The van der Waals surface area contributed by atoms with Crippen LogP contribution in [0, 0.1) is 0 Å². The normalized spacial score (nSPS) is 11.5. The van der Waals surface area contributed by atoms with Gasteiger partial charge in [0, 0.05) is 32.7 Å². The van der Waals surface area contributed by atoms with Gasteiger partial charge >= 0.3 is 0 Å². The van der Waals surface area contributed by atoms with Crippen LogP contribution in [0.1, 0.15) is 26.7 Å². The lowest BCUT2D eigenvalue weighted by atomic mass is 10.1. The number of nitrogens with zero attached hydrogens (tertiary/aromatic N) is 1. The van der Waals surface area contributed by atoms with Crippen molar-refractivity contribution in [2.45, 2.75) is 10.1 Å². The lowest BCUT2D eigenvalue weighted by molar-refractivity contribution is -0.116. The van der Waals surface area contributed by atoms with Gasteiger partial charge < -0.3 is 34.9 Å². The van der Waals surface area contributed by atoms with Gasteiger partial charge in [0.1, 0.15) is 22.4 Å². The standard InChI is InChI=1S/C43H38N4O7S2/c1-51-32-19-21-36(52-2)30(22-32)23-34(45-40(48)28-14-9-6-10-15-28)41(49)44-31-16-11-17-33(25-31)56-39(27-12-7-5-8-13-27)42(50)47-43-46-35(26-55-43)29-18-20-37(53-3)38(24-29)54-4/h5-26,39H,1-4H3,(H,44,49)(H,45,48)(H,46,47,50)/b34-23+. The molecule has 6 rings (SSSR count). The summed E-state index contributed by atoms with van der Waals surface area (Å²) in [6.07, 6.45) is 1.53. The number of aromatic nitrogens is 1. The molecule has 1 heterocycles. The maximum atomic E-state index is 14.0. The van der Waals surface area contributed by atoms with E-state index >= 15 is 0 Å². The summed E-state index contributed by atoms with van der Waals surface area (Å²) in [6.45, 7) is 0. The van der Waals surface area contributed by atoms with E-state index in [9.17, 15) is 14.4 Å². The molecule has 0 bridgehead atoms. The SMILES string of the molecule is COc1ccc(OC)c(/C=C(/NC(=O)c2ccccc2)C(=O)Nc2cccc(SC(C(=O)Nc3nc(-c4ccc(OC)c(OC)c4)cs3)c3ccccc3)c2)c1. The highest BCUT2D eigenvalue weighted by Crippen LogP contribution is 2.38. The monoisotopic (exact) mass is 786 g/mol. The number of benzene rings is 5. The van der Waals surface area contributed by atoms with Gasteiger partial charge in [-0.05, 0) is 78.4 Å². The molecule has 0 saturated carbocycles. The zero-order valence-corrected chi connectivity index (χ0v) is 32.5. The second-order valence-corrected chi connectivity index (χ2v) is 14.0. The fourth-order valence-electron chi connectivity index (χ4n) is 5.56. The zero-order valence-electron chi connectivity index (χ0n) is 30.9. The quantitative estimate of drug-likeness (QED) is 0.0690. The lowest BCUT2D eigenvalue weighted by Crippen LogP contribution is -2.30. The Kier molecular flexibility index (Phi) is 13.0. The van der Waals surface area contributed by atoms with Crippen molar-refractivity contribution >= 4 is 57.7 Å². The first-order valence-electron chi connectivity index (χ1n) is 17.2. The number of methoxy groups -OCH3 is 4. The molecule has 284 valence electrons. The molecule has 6 aromatic rings. The van der Waals surface area contributed by atoms with Gasteiger partial charge in [0.05, 0.1) is 34.1 Å². The maximum absolute atomic E-state index is 14.0. The average molecular weight is 787 g/mol. The van der Waals surface area contributed by atoms with Crippen LogP contribution in [-0.2, 0) is 9.59 Å². The van der Waals surface area contributed by atoms with Crippen molar-refractivity contribution in [3.05, 3.63) is 149 Å². The van der Waals surface area contributed by atoms with Crippen molar-refractivity contribution in [1.29, 1.82) is 0 Å². The Bertz CT molecular complexity index is 2350. The number of carbonyl (C=O) groups is 3. The molecular weight excluding hydrogens is 749 g/mol. The van der Waals surface area contributed by atoms with E-state index in [4.69, 9.17) is 18.9 Å². The summed E-state index contributed by atoms with van der Waals surface area (Å²) >= 11 is 2.63. The Morgan fingerprint density at radius 1 is 0.714 bits per heavy atom. The van der Waals surface area contributed by atoms with Gasteiger partial charge in [-0.15, -0.1) is 23.1 Å². The average Bonchev–Trinajstić information content (AvgIpc) is 3.71. The Morgan fingerprint density at radius 2 is 1.43 bits per heavy atom. The molecule has 1 aromatic heterocycles. The summed E-state index contributed by atoms with van der Waals surface area (Å²) in [5.74, 6) is 0.879. The van der Waals surface area contributed by atoms with E-state index in [-0.39, 0.29) is 11.6 Å². The molecule has 3 N–H and O–H groups in total. The van der Waals surface area contributed by atoms with Gasteiger partial charge in [-0.3, -0.25) is 14.4 Å².